The summed E-state index contributed by atoms with van der Waals surface area (Å²) in [5.74, 6) is -1.42. The Morgan fingerprint density at radius 3 is 2.79 bits per heavy atom. The van der Waals surface area contributed by atoms with Gasteiger partial charge in [0.15, 0.2) is 0 Å². The van der Waals surface area contributed by atoms with E-state index < -0.39 is 28.0 Å². The van der Waals surface area contributed by atoms with E-state index in [1.54, 1.807) is 23.4 Å². The van der Waals surface area contributed by atoms with Crippen LogP contribution in [0.3, 0.4) is 0 Å². The molecule has 1 aromatic heterocycles. The van der Waals surface area contributed by atoms with Crippen molar-refractivity contribution in [3.05, 3.63) is 53.9 Å². The fourth-order valence-corrected chi connectivity index (χ4v) is 5.99. The highest BCUT2D eigenvalue weighted by atomic mass is 32.2. The second-order valence-corrected chi connectivity index (χ2v) is 11.8. The molecule has 38 heavy (non-hydrogen) atoms. The van der Waals surface area contributed by atoms with Crippen molar-refractivity contribution < 1.29 is 27.9 Å². The van der Waals surface area contributed by atoms with Crippen LogP contribution in [-0.4, -0.2) is 80.4 Å². The van der Waals surface area contributed by atoms with Crippen molar-refractivity contribution in [3.63, 3.8) is 0 Å². The molecule has 2 N–H and O–H groups in total. The van der Waals surface area contributed by atoms with Crippen molar-refractivity contribution in [1.29, 1.82) is 0 Å². The molecule has 0 bridgehead atoms. The lowest BCUT2D eigenvalue weighted by molar-refractivity contribution is -0.143. The summed E-state index contributed by atoms with van der Waals surface area (Å²) < 4.78 is 31.5. The molecule has 0 aliphatic carbocycles. The van der Waals surface area contributed by atoms with Gasteiger partial charge in [0.2, 0.25) is 15.9 Å². The number of likely N-dealkylation sites (tertiary alicyclic amines) is 1. The van der Waals surface area contributed by atoms with E-state index in [1.165, 1.54) is 0 Å². The minimum atomic E-state index is -3.44. The summed E-state index contributed by atoms with van der Waals surface area (Å²) >= 11 is 0. The van der Waals surface area contributed by atoms with Crippen LogP contribution in [0.5, 0.6) is 5.75 Å². The number of sulfonamides is 1. The highest BCUT2D eigenvalue weighted by molar-refractivity contribution is 7.88. The quantitative estimate of drug-likeness (QED) is 0.416. The molecule has 2 aliphatic rings. The predicted molar refractivity (Wildman–Crippen MR) is 144 cm³/mol. The standard InChI is InChI=1S/C27H36N4O6S/c1-3-4-13-31(21-6-5-11-28-16-21)25(32)18-30-17-22(19-7-8-24-20(15-19)10-14-37-24)26(27(33)34)23(30)9-12-29-38(2,35)36/h5-8,11,15-16,22-23,26,29H,3-4,9-10,12-14,17-18H2,1-2H3,(H,33,34). The number of aliphatic carboxylic acids is 1. The number of anilines is 1. The van der Waals surface area contributed by atoms with Gasteiger partial charge in [0, 0.05) is 44.2 Å². The van der Waals surface area contributed by atoms with E-state index in [1.807, 2.05) is 29.2 Å². The van der Waals surface area contributed by atoms with Crippen molar-refractivity contribution >= 4 is 27.6 Å². The first kappa shape index (κ1) is 28.0. The number of pyridine rings is 1. The van der Waals surface area contributed by atoms with E-state index >= 15 is 0 Å². The number of rotatable bonds is 12. The Kier molecular flexibility index (Phi) is 9.01. The number of amides is 1. The number of hydrogen-bond acceptors (Lipinski definition) is 7. The minimum absolute atomic E-state index is 0.0243. The van der Waals surface area contributed by atoms with Crippen molar-refractivity contribution in [2.75, 3.05) is 43.9 Å². The topological polar surface area (TPSA) is 129 Å². The van der Waals surface area contributed by atoms with E-state index in [4.69, 9.17) is 4.74 Å². The molecule has 1 amide bonds. The SMILES string of the molecule is CCCCN(C(=O)CN1CC(c2ccc3c(c2)CCO3)C(C(=O)O)C1CCNS(C)(=O)=O)c1cccnc1. The summed E-state index contributed by atoms with van der Waals surface area (Å²) in [6.07, 6.45) is 7.16. The monoisotopic (exact) mass is 544 g/mol. The fraction of sp³-hybridized carbons (Fsp3) is 0.519. The second-order valence-electron chi connectivity index (χ2n) is 10.00. The molecule has 0 radical (unpaired) electrons. The molecule has 4 rings (SSSR count). The third-order valence-electron chi connectivity index (χ3n) is 7.31. The number of fused-ring (bicyclic) bond motifs is 1. The zero-order valence-electron chi connectivity index (χ0n) is 21.9. The van der Waals surface area contributed by atoms with Gasteiger partial charge in [0.25, 0.3) is 0 Å². The summed E-state index contributed by atoms with van der Waals surface area (Å²) in [4.78, 5) is 34.0. The number of ether oxygens (including phenoxy) is 1. The first-order chi connectivity index (χ1) is 18.2. The van der Waals surface area contributed by atoms with Gasteiger partial charge in [0.05, 0.1) is 37.2 Å². The lowest BCUT2D eigenvalue weighted by atomic mass is 9.83. The third-order valence-corrected chi connectivity index (χ3v) is 8.04. The molecule has 2 aromatic rings. The summed E-state index contributed by atoms with van der Waals surface area (Å²) in [6, 6.07) is 8.91. The van der Waals surface area contributed by atoms with Crippen LogP contribution in [0.2, 0.25) is 0 Å². The molecular weight excluding hydrogens is 508 g/mol. The molecule has 2 aliphatic heterocycles. The number of carbonyl (C=O) groups is 2. The van der Waals surface area contributed by atoms with Gasteiger partial charge in [-0.15, -0.1) is 0 Å². The maximum atomic E-state index is 13.6. The number of unbranched alkanes of at least 4 members (excludes halogenated alkanes) is 1. The highest BCUT2D eigenvalue weighted by Gasteiger charge is 2.47. The number of carboxylic acids is 1. The van der Waals surface area contributed by atoms with Crippen LogP contribution in [0, 0.1) is 5.92 Å². The van der Waals surface area contributed by atoms with Gasteiger partial charge < -0.3 is 14.7 Å². The Labute approximate surface area is 224 Å². The molecule has 3 heterocycles. The zero-order valence-corrected chi connectivity index (χ0v) is 22.7. The van der Waals surface area contributed by atoms with Crippen molar-refractivity contribution in [2.45, 2.75) is 44.6 Å². The maximum Gasteiger partial charge on any atom is 0.308 e. The molecular formula is C27H36N4O6S. The van der Waals surface area contributed by atoms with E-state index in [2.05, 4.69) is 16.6 Å². The van der Waals surface area contributed by atoms with Crippen LogP contribution in [0.4, 0.5) is 5.69 Å². The minimum Gasteiger partial charge on any atom is -0.493 e. The Bertz CT molecular complexity index is 1240. The van der Waals surface area contributed by atoms with Crippen LogP contribution >= 0.6 is 0 Å². The Hall–Kier alpha value is -3.02. The molecule has 0 spiro atoms. The molecule has 10 nitrogen and oxygen atoms in total. The first-order valence-corrected chi connectivity index (χ1v) is 14.9. The predicted octanol–water partition coefficient (Wildman–Crippen LogP) is 2.26. The Balaban J connectivity index is 1.62. The summed E-state index contributed by atoms with van der Waals surface area (Å²) in [5.41, 5.74) is 2.65. The van der Waals surface area contributed by atoms with Crippen LogP contribution in [0.25, 0.3) is 0 Å². The molecule has 0 saturated carbocycles. The highest BCUT2D eigenvalue weighted by Crippen LogP contribution is 2.41. The average Bonchev–Trinajstić information content (AvgIpc) is 3.48. The Morgan fingerprint density at radius 2 is 2.11 bits per heavy atom. The third kappa shape index (κ3) is 6.69. The molecule has 3 atom stereocenters. The van der Waals surface area contributed by atoms with Crippen molar-refractivity contribution in [3.8, 4) is 5.75 Å². The molecule has 1 saturated heterocycles. The van der Waals surface area contributed by atoms with Gasteiger partial charge in [-0.1, -0.05) is 25.5 Å². The van der Waals surface area contributed by atoms with Gasteiger partial charge in [0.1, 0.15) is 5.75 Å². The summed E-state index contributed by atoms with van der Waals surface area (Å²) in [5, 5.41) is 10.3. The van der Waals surface area contributed by atoms with Crippen LogP contribution < -0.4 is 14.4 Å². The van der Waals surface area contributed by atoms with Gasteiger partial charge in [-0.3, -0.25) is 19.5 Å². The molecule has 206 valence electrons. The number of carboxylic acid groups (broad SMARTS) is 1. The van der Waals surface area contributed by atoms with Crippen molar-refractivity contribution in [1.82, 2.24) is 14.6 Å². The summed E-state index contributed by atoms with van der Waals surface area (Å²) in [7, 11) is -3.44. The second kappa shape index (κ2) is 12.2. The van der Waals surface area contributed by atoms with E-state index in [-0.39, 0.29) is 31.3 Å². The first-order valence-electron chi connectivity index (χ1n) is 13.1. The fourth-order valence-electron chi connectivity index (χ4n) is 5.51. The van der Waals surface area contributed by atoms with Gasteiger partial charge in [-0.2, -0.15) is 0 Å². The van der Waals surface area contributed by atoms with E-state index in [9.17, 15) is 23.1 Å². The molecule has 11 heteroatoms. The van der Waals surface area contributed by atoms with Crippen molar-refractivity contribution in [2.24, 2.45) is 5.92 Å². The zero-order chi connectivity index (χ0) is 27.3. The lowest BCUT2D eigenvalue weighted by Crippen LogP contribution is -2.45. The number of nitrogens with one attached hydrogen (secondary N) is 1. The summed E-state index contributed by atoms with van der Waals surface area (Å²) in [6.45, 7) is 3.68. The van der Waals surface area contributed by atoms with Gasteiger partial charge in [-0.25, -0.2) is 13.1 Å². The number of hydrogen-bond donors (Lipinski definition) is 2. The largest absolute Gasteiger partial charge is 0.493 e. The van der Waals surface area contributed by atoms with Crippen LogP contribution in [0.1, 0.15) is 43.2 Å². The van der Waals surface area contributed by atoms with Crippen LogP contribution in [0.15, 0.2) is 42.7 Å². The normalized spacial score (nSPS) is 21.2. The molecule has 3 unspecified atom stereocenters. The van der Waals surface area contributed by atoms with E-state index in [0.29, 0.717) is 25.4 Å². The molecule has 1 aromatic carbocycles. The average molecular weight is 545 g/mol. The number of benzene rings is 1. The van der Waals surface area contributed by atoms with E-state index in [0.717, 1.165) is 42.4 Å². The smallest absolute Gasteiger partial charge is 0.308 e. The van der Waals surface area contributed by atoms with Gasteiger partial charge in [-0.05, 0) is 42.2 Å². The number of carbonyl (C=O) groups excluding carboxylic acids is 1. The number of nitrogens with zero attached hydrogens (tertiary/aromatic N) is 3. The number of aromatic nitrogens is 1. The lowest BCUT2D eigenvalue weighted by Gasteiger charge is -2.29. The van der Waals surface area contributed by atoms with Crippen LogP contribution in [-0.2, 0) is 26.0 Å². The molecule has 1 fully saturated rings. The van der Waals surface area contributed by atoms with Gasteiger partial charge >= 0.3 is 5.97 Å². The Morgan fingerprint density at radius 1 is 1.29 bits per heavy atom. The maximum absolute atomic E-state index is 13.6.